The lowest BCUT2D eigenvalue weighted by molar-refractivity contribution is 0.341. The summed E-state index contributed by atoms with van der Waals surface area (Å²) in [6, 6.07) is 3.72. The molecule has 0 amide bonds. The number of rotatable bonds is 3. The SMILES string of the molecule is CN(Cc1cccnc1)N=O. The van der Waals surface area contributed by atoms with E-state index >= 15 is 0 Å². The predicted octanol–water partition coefficient (Wildman–Crippen LogP) is 1.19. The maximum Gasteiger partial charge on any atom is 0.0654 e. The van der Waals surface area contributed by atoms with Gasteiger partial charge in [-0.1, -0.05) is 6.07 Å². The van der Waals surface area contributed by atoms with Crippen molar-refractivity contribution >= 4 is 0 Å². The maximum absolute atomic E-state index is 9.96. The molecule has 0 atom stereocenters. The zero-order valence-corrected chi connectivity index (χ0v) is 6.27. The van der Waals surface area contributed by atoms with Crippen molar-refractivity contribution in [2.45, 2.75) is 6.54 Å². The highest BCUT2D eigenvalue weighted by molar-refractivity contribution is 5.07. The van der Waals surface area contributed by atoms with Gasteiger partial charge in [-0.3, -0.25) is 9.99 Å². The van der Waals surface area contributed by atoms with Gasteiger partial charge in [-0.15, -0.1) is 4.91 Å². The standard InChI is InChI=1S/C7H9N3O/c1-10(9-11)6-7-3-2-4-8-5-7/h2-5H,6H2,1H3. The van der Waals surface area contributed by atoms with Crippen molar-refractivity contribution in [3.63, 3.8) is 0 Å². The molecule has 4 nitrogen and oxygen atoms in total. The van der Waals surface area contributed by atoms with E-state index in [4.69, 9.17) is 0 Å². The second-order valence-electron chi connectivity index (χ2n) is 2.26. The highest BCUT2D eigenvalue weighted by Gasteiger charge is 1.95. The van der Waals surface area contributed by atoms with Crippen LogP contribution < -0.4 is 0 Å². The molecule has 1 aromatic heterocycles. The fourth-order valence-electron chi connectivity index (χ4n) is 0.785. The molecular formula is C7H9N3O. The van der Waals surface area contributed by atoms with Crippen LogP contribution in [-0.2, 0) is 6.54 Å². The molecule has 0 aromatic carbocycles. The Labute approximate surface area is 64.8 Å². The molecule has 4 heteroatoms. The lowest BCUT2D eigenvalue weighted by Gasteiger charge is -2.06. The number of nitroso groups, excluding NO2 is 1. The van der Waals surface area contributed by atoms with E-state index in [1.165, 1.54) is 5.01 Å². The summed E-state index contributed by atoms with van der Waals surface area (Å²) in [6.07, 6.45) is 3.40. The van der Waals surface area contributed by atoms with Crippen LogP contribution in [-0.4, -0.2) is 17.0 Å². The fraction of sp³-hybridized carbons (Fsp3) is 0.286. The zero-order chi connectivity index (χ0) is 8.10. The number of hydrogen-bond donors (Lipinski definition) is 0. The van der Waals surface area contributed by atoms with Crippen molar-refractivity contribution in [1.82, 2.24) is 9.99 Å². The fourth-order valence-corrected chi connectivity index (χ4v) is 0.785. The van der Waals surface area contributed by atoms with Gasteiger partial charge in [0.1, 0.15) is 0 Å². The van der Waals surface area contributed by atoms with Crippen molar-refractivity contribution in [3.05, 3.63) is 35.0 Å². The first-order valence-electron chi connectivity index (χ1n) is 3.26. The minimum atomic E-state index is 0.511. The number of pyridine rings is 1. The van der Waals surface area contributed by atoms with E-state index in [-0.39, 0.29) is 0 Å². The van der Waals surface area contributed by atoms with Gasteiger partial charge in [-0.2, -0.15) is 0 Å². The highest BCUT2D eigenvalue weighted by atomic mass is 16.3. The first kappa shape index (κ1) is 7.65. The minimum Gasteiger partial charge on any atom is -0.264 e. The van der Waals surface area contributed by atoms with E-state index in [1.807, 2.05) is 12.1 Å². The topological polar surface area (TPSA) is 45.6 Å². The predicted molar refractivity (Wildman–Crippen MR) is 41.5 cm³/mol. The average Bonchev–Trinajstić information content (AvgIpc) is 2.06. The van der Waals surface area contributed by atoms with Crippen LogP contribution in [0.15, 0.2) is 29.8 Å². The van der Waals surface area contributed by atoms with E-state index < -0.39 is 0 Å². The normalized spacial score (nSPS) is 9.18. The van der Waals surface area contributed by atoms with E-state index in [0.29, 0.717) is 6.54 Å². The molecule has 0 unspecified atom stereocenters. The summed E-state index contributed by atoms with van der Waals surface area (Å²) in [4.78, 5) is 13.9. The summed E-state index contributed by atoms with van der Waals surface area (Å²) in [5, 5.41) is 4.06. The number of hydrogen-bond acceptors (Lipinski definition) is 3. The van der Waals surface area contributed by atoms with Crippen LogP contribution >= 0.6 is 0 Å². The highest BCUT2D eigenvalue weighted by Crippen LogP contribution is 1.99. The molecule has 0 N–H and O–H groups in total. The third kappa shape index (κ3) is 2.33. The molecule has 0 aliphatic carbocycles. The molecule has 0 saturated heterocycles. The van der Waals surface area contributed by atoms with Crippen LogP contribution in [0, 0.1) is 4.91 Å². The first-order chi connectivity index (χ1) is 5.33. The van der Waals surface area contributed by atoms with Gasteiger partial charge >= 0.3 is 0 Å². The number of aromatic nitrogens is 1. The van der Waals surface area contributed by atoms with Crippen molar-refractivity contribution in [2.75, 3.05) is 7.05 Å². The Hall–Kier alpha value is -1.45. The average molecular weight is 151 g/mol. The molecule has 0 fully saturated rings. The lowest BCUT2D eigenvalue weighted by Crippen LogP contribution is -2.08. The monoisotopic (exact) mass is 151 g/mol. The van der Waals surface area contributed by atoms with Crippen molar-refractivity contribution < 1.29 is 0 Å². The molecule has 0 spiro atoms. The quantitative estimate of drug-likeness (QED) is 0.481. The molecule has 0 saturated carbocycles. The Kier molecular flexibility index (Phi) is 2.54. The molecule has 0 radical (unpaired) electrons. The van der Waals surface area contributed by atoms with Gasteiger partial charge in [0, 0.05) is 19.4 Å². The van der Waals surface area contributed by atoms with Gasteiger partial charge in [-0.05, 0) is 11.6 Å². The molecule has 0 bridgehead atoms. The van der Waals surface area contributed by atoms with Crippen molar-refractivity contribution in [3.8, 4) is 0 Å². The minimum absolute atomic E-state index is 0.511. The van der Waals surface area contributed by atoms with Crippen LogP contribution in [0.5, 0.6) is 0 Å². The van der Waals surface area contributed by atoms with E-state index in [0.717, 1.165) is 5.56 Å². The van der Waals surface area contributed by atoms with Crippen molar-refractivity contribution in [1.29, 1.82) is 0 Å². The molecule has 1 aromatic rings. The van der Waals surface area contributed by atoms with E-state index in [1.54, 1.807) is 19.4 Å². The zero-order valence-electron chi connectivity index (χ0n) is 6.27. The Morgan fingerprint density at radius 2 is 2.55 bits per heavy atom. The summed E-state index contributed by atoms with van der Waals surface area (Å²) >= 11 is 0. The molecule has 1 rings (SSSR count). The Morgan fingerprint density at radius 1 is 1.73 bits per heavy atom. The molecule has 58 valence electrons. The van der Waals surface area contributed by atoms with E-state index in [2.05, 4.69) is 10.3 Å². The molecule has 0 aliphatic rings. The van der Waals surface area contributed by atoms with Gasteiger partial charge < -0.3 is 0 Å². The third-order valence-electron chi connectivity index (χ3n) is 1.27. The summed E-state index contributed by atoms with van der Waals surface area (Å²) in [5.41, 5.74) is 0.981. The molecule has 0 aliphatic heterocycles. The van der Waals surface area contributed by atoms with Crippen LogP contribution in [0.2, 0.25) is 0 Å². The Bertz CT molecular complexity index is 224. The van der Waals surface area contributed by atoms with Crippen LogP contribution in [0.25, 0.3) is 0 Å². The third-order valence-corrected chi connectivity index (χ3v) is 1.27. The summed E-state index contributed by atoms with van der Waals surface area (Å²) < 4.78 is 0. The first-order valence-corrected chi connectivity index (χ1v) is 3.26. The second-order valence-corrected chi connectivity index (χ2v) is 2.26. The van der Waals surface area contributed by atoms with Crippen LogP contribution in [0.1, 0.15) is 5.56 Å². The Morgan fingerprint density at radius 3 is 3.09 bits per heavy atom. The van der Waals surface area contributed by atoms with Crippen molar-refractivity contribution in [2.24, 2.45) is 5.29 Å². The van der Waals surface area contributed by atoms with E-state index in [9.17, 15) is 4.91 Å². The summed E-state index contributed by atoms with van der Waals surface area (Å²) in [5.74, 6) is 0. The lowest BCUT2D eigenvalue weighted by atomic mass is 10.3. The van der Waals surface area contributed by atoms with Gasteiger partial charge in [0.2, 0.25) is 0 Å². The summed E-state index contributed by atoms with van der Waals surface area (Å²) in [6.45, 7) is 0.511. The number of nitrogens with zero attached hydrogens (tertiary/aromatic N) is 3. The van der Waals surface area contributed by atoms with Gasteiger partial charge in [0.25, 0.3) is 0 Å². The summed E-state index contributed by atoms with van der Waals surface area (Å²) in [7, 11) is 1.62. The van der Waals surface area contributed by atoms with Gasteiger partial charge in [0.15, 0.2) is 0 Å². The Balaban J connectivity index is 2.57. The van der Waals surface area contributed by atoms with Crippen LogP contribution in [0.4, 0.5) is 0 Å². The molecule has 11 heavy (non-hydrogen) atoms. The molecule has 1 heterocycles. The maximum atomic E-state index is 9.96. The van der Waals surface area contributed by atoms with Crippen LogP contribution in [0.3, 0.4) is 0 Å². The largest absolute Gasteiger partial charge is 0.264 e. The smallest absolute Gasteiger partial charge is 0.0654 e. The second kappa shape index (κ2) is 3.65. The van der Waals surface area contributed by atoms with Gasteiger partial charge in [-0.25, -0.2) is 0 Å². The molecular weight excluding hydrogens is 142 g/mol. The van der Waals surface area contributed by atoms with Gasteiger partial charge in [0.05, 0.1) is 11.8 Å².